The first-order valence-corrected chi connectivity index (χ1v) is 13.9. The highest BCUT2D eigenvalue weighted by Gasteiger charge is 2.30. The fraction of sp³-hybridized carbons (Fsp3) is 0.391. The van der Waals surface area contributed by atoms with Crippen LogP contribution in [0.15, 0.2) is 57.5 Å². The molecule has 33 heavy (non-hydrogen) atoms. The lowest BCUT2D eigenvalue weighted by Crippen LogP contribution is -2.51. The molecule has 2 aromatic rings. The molecule has 2 amide bonds. The molecule has 0 aliphatic heterocycles. The Morgan fingerprint density at radius 1 is 1.00 bits per heavy atom. The van der Waals surface area contributed by atoms with Gasteiger partial charge in [-0.25, -0.2) is 8.42 Å². The average Bonchev–Trinajstić information content (AvgIpc) is 2.73. The summed E-state index contributed by atoms with van der Waals surface area (Å²) in [7, 11) is -3.75. The van der Waals surface area contributed by atoms with E-state index in [0.29, 0.717) is 16.7 Å². The first-order chi connectivity index (χ1) is 15.4. The third-order valence-corrected chi connectivity index (χ3v) is 7.06. The normalized spacial score (nSPS) is 12.3. The lowest BCUT2D eigenvalue weighted by molar-refractivity contribution is -0.139. The van der Waals surface area contributed by atoms with Gasteiger partial charge in [0.1, 0.15) is 12.6 Å². The monoisotopic (exact) mass is 601 g/mol. The standard InChI is InChI=1S/C23H29Br2N3O4S/c1-16(2)13-26-23(30)17(3)27(14-18-8-10-19(24)11-9-18)22(29)15-28(33(4,31)32)21-7-5-6-20(25)12-21/h5-12,16-17H,13-15H2,1-4H3,(H,26,30)/t17-/m0/s1. The predicted octanol–water partition coefficient (Wildman–Crippen LogP) is 4.17. The molecular weight excluding hydrogens is 574 g/mol. The molecule has 0 radical (unpaired) electrons. The summed E-state index contributed by atoms with van der Waals surface area (Å²) in [5.41, 5.74) is 1.18. The van der Waals surface area contributed by atoms with Gasteiger partial charge in [0, 0.05) is 22.0 Å². The molecule has 2 rings (SSSR count). The smallest absolute Gasteiger partial charge is 0.244 e. The highest BCUT2D eigenvalue weighted by Crippen LogP contribution is 2.23. The second kappa shape index (κ2) is 12.0. The number of anilines is 1. The van der Waals surface area contributed by atoms with E-state index in [0.717, 1.165) is 20.6 Å². The highest BCUT2D eigenvalue weighted by molar-refractivity contribution is 9.10. The molecule has 1 N–H and O–H groups in total. The SMILES string of the molecule is CC(C)CNC(=O)[C@H](C)N(Cc1ccc(Br)cc1)C(=O)CN(c1cccc(Br)c1)S(C)(=O)=O. The molecular formula is C23H29Br2N3O4S. The number of rotatable bonds is 10. The molecule has 0 saturated carbocycles. The van der Waals surface area contributed by atoms with Crippen molar-refractivity contribution >= 4 is 59.4 Å². The lowest BCUT2D eigenvalue weighted by atomic mass is 10.1. The topological polar surface area (TPSA) is 86.8 Å². The number of hydrogen-bond donors (Lipinski definition) is 1. The zero-order chi connectivity index (χ0) is 24.8. The van der Waals surface area contributed by atoms with Gasteiger partial charge in [-0.2, -0.15) is 0 Å². The average molecular weight is 603 g/mol. The molecule has 1 atom stereocenters. The third kappa shape index (κ3) is 8.42. The number of hydrogen-bond acceptors (Lipinski definition) is 4. The molecule has 7 nitrogen and oxygen atoms in total. The molecule has 0 saturated heterocycles. The van der Waals surface area contributed by atoms with Crippen LogP contribution in [-0.4, -0.2) is 50.5 Å². The molecule has 0 aliphatic rings. The second-order valence-corrected chi connectivity index (χ2v) is 12.0. The van der Waals surface area contributed by atoms with Crippen LogP contribution in [0.5, 0.6) is 0 Å². The van der Waals surface area contributed by atoms with Crippen molar-refractivity contribution in [2.24, 2.45) is 5.92 Å². The van der Waals surface area contributed by atoms with Crippen LogP contribution in [0.1, 0.15) is 26.3 Å². The van der Waals surface area contributed by atoms with Crippen LogP contribution in [0, 0.1) is 5.92 Å². The summed E-state index contributed by atoms with van der Waals surface area (Å²) in [6.45, 7) is 5.84. The number of carbonyl (C=O) groups is 2. The van der Waals surface area contributed by atoms with Crippen molar-refractivity contribution in [2.75, 3.05) is 23.7 Å². The minimum Gasteiger partial charge on any atom is -0.354 e. The minimum atomic E-state index is -3.75. The number of sulfonamides is 1. The maximum Gasteiger partial charge on any atom is 0.244 e. The van der Waals surface area contributed by atoms with Gasteiger partial charge in [-0.3, -0.25) is 13.9 Å². The fourth-order valence-electron chi connectivity index (χ4n) is 3.07. The largest absolute Gasteiger partial charge is 0.354 e. The third-order valence-electron chi connectivity index (χ3n) is 4.89. The van der Waals surface area contributed by atoms with Crippen molar-refractivity contribution < 1.29 is 18.0 Å². The van der Waals surface area contributed by atoms with Crippen molar-refractivity contribution in [2.45, 2.75) is 33.4 Å². The van der Waals surface area contributed by atoms with Crippen LogP contribution in [0.25, 0.3) is 0 Å². The molecule has 2 aromatic carbocycles. The maximum atomic E-state index is 13.4. The van der Waals surface area contributed by atoms with E-state index in [9.17, 15) is 18.0 Å². The van der Waals surface area contributed by atoms with Gasteiger partial charge in [-0.1, -0.05) is 63.9 Å². The van der Waals surface area contributed by atoms with E-state index in [1.54, 1.807) is 31.2 Å². The van der Waals surface area contributed by atoms with Gasteiger partial charge in [-0.05, 0) is 48.7 Å². The van der Waals surface area contributed by atoms with Gasteiger partial charge in [0.25, 0.3) is 0 Å². The number of nitrogens with zero attached hydrogens (tertiary/aromatic N) is 2. The molecule has 0 aromatic heterocycles. The summed E-state index contributed by atoms with van der Waals surface area (Å²) in [5.74, 6) is -0.507. The first kappa shape index (κ1) is 27.3. The van der Waals surface area contributed by atoms with Gasteiger partial charge in [0.05, 0.1) is 11.9 Å². The number of nitrogens with one attached hydrogen (secondary N) is 1. The van der Waals surface area contributed by atoms with E-state index in [-0.39, 0.29) is 18.4 Å². The van der Waals surface area contributed by atoms with Crippen molar-refractivity contribution in [1.29, 1.82) is 0 Å². The molecule has 180 valence electrons. The van der Waals surface area contributed by atoms with Crippen LogP contribution in [0.2, 0.25) is 0 Å². The zero-order valence-electron chi connectivity index (χ0n) is 19.1. The summed E-state index contributed by atoms with van der Waals surface area (Å²) in [5, 5.41) is 2.86. The number of halogens is 2. The Balaban J connectivity index is 2.35. The van der Waals surface area contributed by atoms with E-state index in [2.05, 4.69) is 37.2 Å². The summed E-state index contributed by atoms with van der Waals surface area (Å²) in [4.78, 5) is 27.6. The Labute approximate surface area is 212 Å². The molecule has 0 fully saturated rings. The quantitative estimate of drug-likeness (QED) is 0.442. The van der Waals surface area contributed by atoms with E-state index >= 15 is 0 Å². The van der Waals surface area contributed by atoms with Gasteiger partial charge in [0.2, 0.25) is 21.8 Å². The van der Waals surface area contributed by atoms with Gasteiger partial charge < -0.3 is 10.2 Å². The van der Waals surface area contributed by atoms with Crippen molar-refractivity contribution in [3.05, 3.63) is 63.0 Å². The predicted molar refractivity (Wildman–Crippen MR) is 138 cm³/mol. The van der Waals surface area contributed by atoms with E-state index in [1.807, 2.05) is 38.1 Å². The Morgan fingerprint density at radius 2 is 1.64 bits per heavy atom. The van der Waals surface area contributed by atoms with Crippen LogP contribution in [0.4, 0.5) is 5.69 Å². The molecule has 0 spiro atoms. The Morgan fingerprint density at radius 3 is 2.18 bits per heavy atom. The molecule has 0 unspecified atom stereocenters. The lowest BCUT2D eigenvalue weighted by Gasteiger charge is -2.31. The van der Waals surface area contributed by atoms with E-state index in [1.165, 1.54) is 4.90 Å². The van der Waals surface area contributed by atoms with E-state index in [4.69, 9.17) is 0 Å². The van der Waals surface area contributed by atoms with Crippen molar-refractivity contribution in [3.63, 3.8) is 0 Å². The summed E-state index contributed by atoms with van der Waals surface area (Å²) < 4.78 is 27.7. The van der Waals surface area contributed by atoms with Crippen LogP contribution in [0.3, 0.4) is 0 Å². The fourth-order valence-corrected chi connectivity index (χ4v) is 4.56. The van der Waals surface area contributed by atoms with E-state index < -0.39 is 28.5 Å². The van der Waals surface area contributed by atoms with Gasteiger partial charge in [-0.15, -0.1) is 0 Å². The minimum absolute atomic E-state index is 0.165. The molecule has 0 bridgehead atoms. The molecule has 0 aliphatic carbocycles. The first-order valence-electron chi connectivity index (χ1n) is 10.4. The summed E-state index contributed by atoms with van der Waals surface area (Å²) in [6.07, 6.45) is 1.05. The number of carbonyl (C=O) groups excluding carboxylic acids is 2. The van der Waals surface area contributed by atoms with Crippen LogP contribution in [-0.2, 0) is 26.2 Å². The van der Waals surface area contributed by atoms with Gasteiger partial charge >= 0.3 is 0 Å². The Hall–Kier alpha value is -1.91. The highest BCUT2D eigenvalue weighted by atomic mass is 79.9. The molecule has 10 heteroatoms. The summed E-state index contributed by atoms with van der Waals surface area (Å²) in [6, 6.07) is 13.3. The van der Waals surface area contributed by atoms with Crippen LogP contribution < -0.4 is 9.62 Å². The Kier molecular flexibility index (Phi) is 9.93. The molecule has 0 heterocycles. The number of amides is 2. The van der Waals surface area contributed by atoms with Crippen molar-refractivity contribution in [1.82, 2.24) is 10.2 Å². The van der Waals surface area contributed by atoms with Crippen LogP contribution >= 0.6 is 31.9 Å². The van der Waals surface area contributed by atoms with Gasteiger partial charge in [0.15, 0.2) is 0 Å². The zero-order valence-corrected chi connectivity index (χ0v) is 23.1. The Bertz CT molecular complexity index is 1080. The maximum absolute atomic E-state index is 13.4. The van der Waals surface area contributed by atoms with Crippen molar-refractivity contribution in [3.8, 4) is 0 Å². The second-order valence-electron chi connectivity index (χ2n) is 8.21. The number of benzene rings is 2. The summed E-state index contributed by atoms with van der Waals surface area (Å²) >= 11 is 6.73.